The number of nitrogens with two attached hydrogens (primary N) is 1. The zero-order chi connectivity index (χ0) is 13.5. The van der Waals surface area contributed by atoms with Crippen molar-refractivity contribution in [1.29, 1.82) is 0 Å². The van der Waals surface area contributed by atoms with Crippen molar-refractivity contribution in [3.8, 4) is 11.5 Å². The molecule has 1 fully saturated rings. The van der Waals surface area contributed by atoms with E-state index in [9.17, 15) is 0 Å². The number of benzene rings is 1. The fraction of sp³-hybridized carbons (Fsp3) is 0.600. The topological polar surface area (TPSA) is 47.7 Å². The smallest absolute Gasteiger partial charge is 0.163 e. The van der Waals surface area contributed by atoms with E-state index in [1.807, 2.05) is 6.07 Å². The van der Waals surface area contributed by atoms with Gasteiger partial charge in [0.05, 0.1) is 0 Å². The molecule has 2 N–H and O–H groups in total. The number of anilines is 1. The molecule has 1 atom stereocenters. The van der Waals surface area contributed by atoms with Gasteiger partial charge in [0.25, 0.3) is 0 Å². The molecule has 1 aromatic carbocycles. The molecule has 2 aliphatic heterocycles. The molecule has 1 aromatic rings. The number of nitrogens with zero attached hydrogens (tertiary/aromatic N) is 1. The van der Waals surface area contributed by atoms with Gasteiger partial charge in [-0.25, -0.2) is 0 Å². The molecule has 4 nitrogen and oxygen atoms in total. The molecule has 19 heavy (non-hydrogen) atoms. The van der Waals surface area contributed by atoms with Crippen molar-refractivity contribution in [2.24, 2.45) is 11.1 Å². The molecule has 1 unspecified atom stereocenters. The number of hydrogen-bond acceptors (Lipinski definition) is 4. The Kier molecular flexibility index (Phi) is 3.05. The Morgan fingerprint density at radius 3 is 2.68 bits per heavy atom. The summed E-state index contributed by atoms with van der Waals surface area (Å²) in [6.07, 6.45) is 1.03. The predicted octanol–water partition coefficient (Wildman–Crippen LogP) is 2.02. The summed E-state index contributed by atoms with van der Waals surface area (Å²) >= 11 is 0. The number of ether oxygens (including phenoxy) is 2. The van der Waals surface area contributed by atoms with E-state index in [4.69, 9.17) is 15.2 Å². The number of hydrogen-bond donors (Lipinski definition) is 1. The van der Waals surface area contributed by atoms with Crippen LogP contribution in [0.2, 0.25) is 0 Å². The zero-order valence-electron chi connectivity index (χ0n) is 11.7. The quantitative estimate of drug-likeness (QED) is 0.841. The average molecular weight is 262 g/mol. The van der Waals surface area contributed by atoms with E-state index >= 15 is 0 Å². The van der Waals surface area contributed by atoms with Crippen LogP contribution in [0.3, 0.4) is 0 Å². The summed E-state index contributed by atoms with van der Waals surface area (Å²) in [6.45, 7) is 7.73. The van der Waals surface area contributed by atoms with Crippen molar-refractivity contribution in [1.82, 2.24) is 0 Å². The zero-order valence-corrected chi connectivity index (χ0v) is 11.7. The van der Waals surface area contributed by atoms with Crippen molar-refractivity contribution in [2.45, 2.75) is 26.3 Å². The van der Waals surface area contributed by atoms with E-state index in [0.29, 0.717) is 13.2 Å². The molecule has 0 bridgehead atoms. The molecular formula is C15H22N2O2. The SMILES string of the molecule is CC1(C)CN(c2ccc3c(c2)OCCO3)CCC1N. The van der Waals surface area contributed by atoms with Gasteiger partial charge in [0.15, 0.2) is 11.5 Å². The van der Waals surface area contributed by atoms with Crippen LogP contribution >= 0.6 is 0 Å². The Bertz CT molecular complexity index is 473. The number of fused-ring (bicyclic) bond motifs is 1. The molecule has 4 heteroatoms. The molecule has 3 rings (SSSR count). The highest BCUT2D eigenvalue weighted by Crippen LogP contribution is 2.37. The second-order valence-corrected chi connectivity index (χ2v) is 6.13. The van der Waals surface area contributed by atoms with Gasteiger partial charge in [0, 0.05) is 30.9 Å². The van der Waals surface area contributed by atoms with Crippen LogP contribution in [0.5, 0.6) is 11.5 Å². The van der Waals surface area contributed by atoms with Crippen molar-refractivity contribution in [3.05, 3.63) is 18.2 Å². The maximum atomic E-state index is 6.19. The van der Waals surface area contributed by atoms with Gasteiger partial charge in [-0.2, -0.15) is 0 Å². The van der Waals surface area contributed by atoms with Crippen molar-refractivity contribution in [3.63, 3.8) is 0 Å². The standard InChI is InChI=1S/C15H22N2O2/c1-15(2)10-17(6-5-14(15)16)11-3-4-12-13(9-11)19-8-7-18-12/h3-4,9,14H,5-8,10,16H2,1-2H3. The molecule has 0 saturated carbocycles. The largest absolute Gasteiger partial charge is 0.486 e. The van der Waals surface area contributed by atoms with Crippen molar-refractivity contribution >= 4 is 5.69 Å². The van der Waals surface area contributed by atoms with Gasteiger partial charge >= 0.3 is 0 Å². The summed E-state index contributed by atoms with van der Waals surface area (Å²) in [5.41, 5.74) is 7.54. The minimum atomic E-state index is 0.144. The third-order valence-electron chi connectivity index (χ3n) is 4.20. The summed E-state index contributed by atoms with van der Waals surface area (Å²) in [7, 11) is 0. The van der Waals surface area contributed by atoms with Gasteiger partial charge < -0.3 is 20.1 Å². The molecule has 0 radical (unpaired) electrons. The van der Waals surface area contributed by atoms with E-state index in [0.717, 1.165) is 31.0 Å². The van der Waals surface area contributed by atoms with Crippen molar-refractivity contribution < 1.29 is 9.47 Å². The normalized spacial score (nSPS) is 25.2. The van der Waals surface area contributed by atoms with Crippen molar-refractivity contribution in [2.75, 3.05) is 31.2 Å². The first kappa shape index (κ1) is 12.6. The lowest BCUT2D eigenvalue weighted by molar-refractivity contribution is 0.171. The first-order valence-corrected chi connectivity index (χ1v) is 6.96. The Hall–Kier alpha value is -1.42. The monoisotopic (exact) mass is 262 g/mol. The van der Waals surface area contributed by atoms with E-state index in [-0.39, 0.29) is 11.5 Å². The van der Waals surface area contributed by atoms with Crippen LogP contribution in [0.4, 0.5) is 5.69 Å². The lowest BCUT2D eigenvalue weighted by Gasteiger charge is -2.43. The predicted molar refractivity (Wildman–Crippen MR) is 76.0 cm³/mol. The van der Waals surface area contributed by atoms with Gasteiger partial charge in [-0.05, 0) is 24.0 Å². The first-order valence-electron chi connectivity index (χ1n) is 6.96. The fourth-order valence-electron chi connectivity index (χ4n) is 2.82. The molecule has 104 valence electrons. The maximum Gasteiger partial charge on any atom is 0.163 e. The number of piperidine rings is 1. The van der Waals surface area contributed by atoms with Gasteiger partial charge in [-0.15, -0.1) is 0 Å². The highest BCUT2D eigenvalue weighted by molar-refractivity contribution is 5.57. The molecular weight excluding hydrogens is 240 g/mol. The third-order valence-corrected chi connectivity index (χ3v) is 4.20. The van der Waals surface area contributed by atoms with E-state index in [1.165, 1.54) is 5.69 Å². The van der Waals surface area contributed by atoms with Crippen LogP contribution in [0.1, 0.15) is 20.3 Å². The van der Waals surface area contributed by atoms with Crippen LogP contribution < -0.4 is 20.1 Å². The van der Waals surface area contributed by atoms with Gasteiger partial charge in [0.2, 0.25) is 0 Å². The van der Waals surface area contributed by atoms with Crippen LogP contribution in [0, 0.1) is 5.41 Å². The Morgan fingerprint density at radius 2 is 1.95 bits per heavy atom. The highest BCUT2D eigenvalue weighted by Gasteiger charge is 2.33. The third kappa shape index (κ3) is 2.37. The van der Waals surface area contributed by atoms with Crippen LogP contribution in [-0.4, -0.2) is 32.3 Å². The van der Waals surface area contributed by atoms with Crippen LogP contribution in [0.25, 0.3) is 0 Å². The Balaban J connectivity index is 1.83. The summed E-state index contributed by atoms with van der Waals surface area (Å²) in [5, 5.41) is 0. The maximum absolute atomic E-state index is 6.19. The molecule has 2 heterocycles. The van der Waals surface area contributed by atoms with Gasteiger partial charge in [0.1, 0.15) is 13.2 Å². The number of rotatable bonds is 1. The summed E-state index contributed by atoms with van der Waals surface area (Å²) in [4.78, 5) is 2.39. The fourth-order valence-corrected chi connectivity index (χ4v) is 2.82. The second kappa shape index (κ2) is 4.60. The Morgan fingerprint density at radius 1 is 1.21 bits per heavy atom. The minimum Gasteiger partial charge on any atom is -0.486 e. The molecule has 0 spiro atoms. The van der Waals surface area contributed by atoms with Crippen LogP contribution in [-0.2, 0) is 0 Å². The lowest BCUT2D eigenvalue weighted by atomic mass is 9.79. The lowest BCUT2D eigenvalue weighted by Crippen LogP contribution is -2.52. The minimum absolute atomic E-state index is 0.144. The summed E-state index contributed by atoms with van der Waals surface area (Å²) < 4.78 is 11.2. The molecule has 0 aromatic heterocycles. The van der Waals surface area contributed by atoms with E-state index in [2.05, 4.69) is 30.9 Å². The highest BCUT2D eigenvalue weighted by atomic mass is 16.6. The molecule has 1 saturated heterocycles. The molecule has 0 aliphatic carbocycles. The summed E-state index contributed by atoms with van der Waals surface area (Å²) in [6, 6.07) is 6.48. The van der Waals surface area contributed by atoms with Gasteiger partial charge in [-0.1, -0.05) is 13.8 Å². The Labute approximate surface area is 114 Å². The average Bonchev–Trinajstić information content (AvgIpc) is 2.41. The van der Waals surface area contributed by atoms with Gasteiger partial charge in [-0.3, -0.25) is 0 Å². The van der Waals surface area contributed by atoms with Crippen LogP contribution in [0.15, 0.2) is 18.2 Å². The van der Waals surface area contributed by atoms with E-state index in [1.54, 1.807) is 0 Å². The summed E-state index contributed by atoms with van der Waals surface area (Å²) in [5.74, 6) is 1.71. The second-order valence-electron chi connectivity index (χ2n) is 6.13. The molecule has 0 amide bonds. The first-order chi connectivity index (χ1) is 9.06. The van der Waals surface area contributed by atoms with E-state index < -0.39 is 0 Å². The molecule has 2 aliphatic rings.